The maximum atomic E-state index is 12.5. The fraction of sp³-hybridized carbons (Fsp3) is 0.296. The van der Waals surface area contributed by atoms with Crippen molar-refractivity contribution >= 4 is 23.2 Å². The number of unbranched alkanes of at least 4 members (excludes halogenated alkanes) is 2. The van der Waals surface area contributed by atoms with Gasteiger partial charge in [-0.05, 0) is 54.2 Å². The summed E-state index contributed by atoms with van der Waals surface area (Å²) in [6.45, 7) is -0.208. The molecule has 164 valence electrons. The fourth-order valence-corrected chi connectivity index (χ4v) is 3.77. The lowest BCUT2D eigenvalue weighted by atomic mass is 9.87. The van der Waals surface area contributed by atoms with Crippen LogP contribution >= 0.6 is 0 Å². The highest BCUT2D eigenvalue weighted by Gasteiger charge is 2.26. The zero-order valence-corrected chi connectivity index (χ0v) is 18.0. The number of aliphatic hydroxyl groups excluding tert-OH is 1. The van der Waals surface area contributed by atoms with E-state index in [1.807, 2.05) is 48.5 Å². The molecule has 0 saturated carbocycles. The largest absolute Gasteiger partial charge is 0.392 e. The summed E-state index contributed by atoms with van der Waals surface area (Å²) in [6, 6.07) is 14.9. The van der Waals surface area contributed by atoms with Gasteiger partial charge in [-0.1, -0.05) is 36.4 Å². The molecule has 0 bridgehead atoms. The number of rotatable bonds is 9. The number of hydrogen-bond acceptors (Lipinski definition) is 4. The molecule has 2 N–H and O–H groups in total. The van der Waals surface area contributed by atoms with Crippen molar-refractivity contribution in [1.82, 2.24) is 0 Å². The maximum absolute atomic E-state index is 12.5. The topological polar surface area (TPSA) is 83.5 Å². The molecule has 0 spiro atoms. The van der Waals surface area contributed by atoms with Gasteiger partial charge in [0.1, 0.15) is 0 Å². The summed E-state index contributed by atoms with van der Waals surface area (Å²) in [5.41, 5.74) is 3.87. The predicted octanol–water partition coefficient (Wildman–Crippen LogP) is 4.57. The Kier molecular flexibility index (Phi) is 8.13. The number of aliphatic hydroxyl groups is 1. The summed E-state index contributed by atoms with van der Waals surface area (Å²) >= 11 is 0. The molecule has 0 fully saturated rings. The van der Waals surface area contributed by atoms with Crippen LogP contribution in [0.1, 0.15) is 48.9 Å². The van der Waals surface area contributed by atoms with Gasteiger partial charge in [-0.15, -0.1) is 12.3 Å². The highest BCUT2D eigenvalue weighted by molar-refractivity contribution is 6.00. The Labute approximate surface area is 188 Å². The normalized spacial score (nSPS) is 15.6. The number of allylic oxidation sites excluding steroid dienone is 1. The van der Waals surface area contributed by atoms with Crippen molar-refractivity contribution in [2.75, 3.05) is 11.9 Å². The first kappa shape index (κ1) is 23.2. The highest BCUT2D eigenvalue weighted by atomic mass is 16.3. The number of benzene rings is 2. The van der Waals surface area contributed by atoms with Crippen LogP contribution in [-0.4, -0.2) is 29.2 Å². The molecule has 2 aromatic rings. The molecular formula is C27H27NO4. The first-order chi connectivity index (χ1) is 15.5. The van der Waals surface area contributed by atoms with Gasteiger partial charge in [0.25, 0.3) is 0 Å². The van der Waals surface area contributed by atoms with E-state index >= 15 is 0 Å². The number of amides is 1. The smallest absolute Gasteiger partial charge is 0.228 e. The van der Waals surface area contributed by atoms with Gasteiger partial charge in [0.15, 0.2) is 11.6 Å². The molecule has 3 rings (SSSR count). The molecule has 0 radical (unpaired) electrons. The van der Waals surface area contributed by atoms with Crippen molar-refractivity contribution in [2.45, 2.75) is 38.5 Å². The minimum atomic E-state index is -0.467. The van der Waals surface area contributed by atoms with Crippen molar-refractivity contribution in [3.05, 3.63) is 65.7 Å². The molecule has 1 atom stereocenters. The van der Waals surface area contributed by atoms with Crippen LogP contribution in [0.2, 0.25) is 0 Å². The molecule has 0 saturated heterocycles. The van der Waals surface area contributed by atoms with Gasteiger partial charge in [0.05, 0.1) is 6.61 Å². The lowest BCUT2D eigenvalue weighted by molar-refractivity contribution is -0.124. The Morgan fingerprint density at radius 2 is 1.66 bits per heavy atom. The van der Waals surface area contributed by atoms with E-state index in [4.69, 9.17) is 6.42 Å². The number of hydrogen-bond donors (Lipinski definition) is 2. The molecule has 5 heteroatoms. The Morgan fingerprint density at radius 1 is 1.00 bits per heavy atom. The third-order valence-electron chi connectivity index (χ3n) is 5.56. The predicted molar refractivity (Wildman–Crippen MR) is 125 cm³/mol. The highest BCUT2D eigenvalue weighted by Crippen LogP contribution is 2.25. The monoisotopic (exact) mass is 429 g/mol. The van der Waals surface area contributed by atoms with Gasteiger partial charge in [0, 0.05) is 36.4 Å². The number of carbonyl (C=O) groups is 3. The molecule has 0 aliphatic heterocycles. The standard InChI is InChI=1S/C27H27NO4/c1-2-3-4-5-6-26(31)22-9-7-20(8-10-22)21-11-13-24(14-12-21)28-27(32)23-15-19(18-29)16-25(30)17-23/h1,7-14,16,23,29H,3-6,15,17-18H2,(H,28,32). The second-order valence-electron chi connectivity index (χ2n) is 8.01. The summed E-state index contributed by atoms with van der Waals surface area (Å²) in [6.07, 6.45) is 10.1. The van der Waals surface area contributed by atoms with Crippen LogP contribution in [0.25, 0.3) is 11.1 Å². The average Bonchev–Trinajstić information content (AvgIpc) is 2.82. The molecule has 0 aromatic heterocycles. The number of terminal acetylenes is 1. The minimum Gasteiger partial charge on any atom is -0.392 e. The lowest BCUT2D eigenvalue weighted by Crippen LogP contribution is -2.28. The molecule has 1 aliphatic carbocycles. The second kappa shape index (κ2) is 11.2. The molecule has 32 heavy (non-hydrogen) atoms. The van der Waals surface area contributed by atoms with E-state index in [2.05, 4.69) is 11.2 Å². The van der Waals surface area contributed by atoms with Gasteiger partial charge in [-0.2, -0.15) is 0 Å². The summed E-state index contributed by atoms with van der Waals surface area (Å²) in [5, 5.41) is 12.1. The number of anilines is 1. The summed E-state index contributed by atoms with van der Waals surface area (Å²) in [7, 11) is 0. The quantitative estimate of drug-likeness (QED) is 0.348. The number of ketones is 2. The van der Waals surface area contributed by atoms with E-state index in [-0.39, 0.29) is 30.5 Å². The Morgan fingerprint density at radius 3 is 2.28 bits per heavy atom. The van der Waals surface area contributed by atoms with Crippen LogP contribution in [-0.2, 0) is 9.59 Å². The third kappa shape index (κ3) is 6.26. The van der Waals surface area contributed by atoms with Crippen LogP contribution in [0.4, 0.5) is 5.69 Å². The molecular weight excluding hydrogens is 402 g/mol. The van der Waals surface area contributed by atoms with Gasteiger partial charge < -0.3 is 10.4 Å². The first-order valence-corrected chi connectivity index (χ1v) is 10.8. The van der Waals surface area contributed by atoms with Gasteiger partial charge >= 0.3 is 0 Å². The average molecular weight is 430 g/mol. The van der Waals surface area contributed by atoms with Crippen molar-refractivity contribution in [1.29, 1.82) is 0 Å². The fourth-order valence-electron chi connectivity index (χ4n) is 3.77. The maximum Gasteiger partial charge on any atom is 0.228 e. The number of carbonyl (C=O) groups excluding carboxylic acids is 3. The van der Waals surface area contributed by atoms with E-state index < -0.39 is 5.92 Å². The van der Waals surface area contributed by atoms with Crippen LogP contribution in [0.5, 0.6) is 0 Å². The van der Waals surface area contributed by atoms with Crippen molar-refractivity contribution in [3.8, 4) is 23.5 Å². The Balaban J connectivity index is 1.58. The van der Waals surface area contributed by atoms with E-state index in [1.165, 1.54) is 6.08 Å². The second-order valence-corrected chi connectivity index (χ2v) is 8.01. The zero-order valence-electron chi connectivity index (χ0n) is 18.0. The third-order valence-corrected chi connectivity index (χ3v) is 5.56. The van der Waals surface area contributed by atoms with Gasteiger partial charge in [0.2, 0.25) is 5.91 Å². The zero-order chi connectivity index (χ0) is 22.9. The van der Waals surface area contributed by atoms with Crippen molar-refractivity contribution in [3.63, 3.8) is 0 Å². The van der Waals surface area contributed by atoms with Gasteiger partial charge in [-0.3, -0.25) is 14.4 Å². The molecule has 0 heterocycles. The Hall–Kier alpha value is -3.49. The molecule has 1 unspecified atom stereocenters. The molecule has 2 aromatic carbocycles. The van der Waals surface area contributed by atoms with Crippen LogP contribution in [0, 0.1) is 18.3 Å². The van der Waals surface area contributed by atoms with Gasteiger partial charge in [-0.25, -0.2) is 0 Å². The summed E-state index contributed by atoms with van der Waals surface area (Å²) < 4.78 is 0. The summed E-state index contributed by atoms with van der Waals surface area (Å²) in [5.74, 6) is 1.87. The summed E-state index contributed by atoms with van der Waals surface area (Å²) in [4.78, 5) is 36.5. The van der Waals surface area contributed by atoms with E-state index in [1.54, 1.807) is 0 Å². The Bertz CT molecular complexity index is 1040. The van der Waals surface area contributed by atoms with E-state index in [0.29, 0.717) is 36.1 Å². The minimum absolute atomic E-state index is 0.118. The number of Topliss-reactive ketones (excluding diaryl/α,β-unsaturated/α-hetero) is 1. The molecule has 1 amide bonds. The van der Waals surface area contributed by atoms with Crippen molar-refractivity contribution in [2.24, 2.45) is 5.92 Å². The van der Waals surface area contributed by atoms with Crippen molar-refractivity contribution < 1.29 is 19.5 Å². The lowest BCUT2D eigenvalue weighted by Gasteiger charge is -2.20. The van der Waals surface area contributed by atoms with Crippen LogP contribution in [0.15, 0.2) is 60.2 Å². The van der Waals surface area contributed by atoms with Crippen LogP contribution < -0.4 is 5.32 Å². The number of nitrogens with one attached hydrogen (secondary N) is 1. The van der Waals surface area contributed by atoms with Crippen LogP contribution in [0.3, 0.4) is 0 Å². The molecule has 5 nitrogen and oxygen atoms in total. The molecule has 1 aliphatic rings. The van der Waals surface area contributed by atoms with E-state index in [9.17, 15) is 19.5 Å². The van der Waals surface area contributed by atoms with E-state index in [0.717, 1.165) is 24.0 Å². The SMILES string of the molecule is C#CCCCCC(=O)c1ccc(-c2ccc(NC(=O)C3CC(=O)C=C(CO)C3)cc2)cc1. The first-order valence-electron chi connectivity index (χ1n) is 10.8.